The van der Waals surface area contributed by atoms with E-state index in [1.54, 1.807) is 0 Å². The number of hydrogen-bond donors (Lipinski definition) is 2. The van der Waals surface area contributed by atoms with E-state index in [-0.39, 0.29) is 5.91 Å². The first kappa shape index (κ1) is 15.7. The highest BCUT2D eigenvalue weighted by Crippen LogP contribution is 2.36. The number of amides is 1. The molecule has 0 spiro atoms. The zero-order valence-electron chi connectivity index (χ0n) is 12.0. The fraction of sp³-hybridized carbons (Fsp3) is 0.867. The van der Waals surface area contributed by atoms with Crippen LogP contribution in [0.25, 0.3) is 0 Å². The van der Waals surface area contributed by atoms with Gasteiger partial charge in [-0.25, -0.2) is 0 Å². The molecular formula is C15H25NO3S. The van der Waals surface area contributed by atoms with Crippen molar-refractivity contribution in [2.45, 2.75) is 51.4 Å². The summed E-state index contributed by atoms with van der Waals surface area (Å²) in [7, 11) is 0. The molecule has 0 radical (unpaired) electrons. The van der Waals surface area contributed by atoms with E-state index in [9.17, 15) is 14.7 Å². The average molecular weight is 299 g/mol. The first-order valence-corrected chi connectivity index (χ1v) is 8.86. The normalized spacial score (nSPS) is 23.2. The van der Waals surface area contributed by atoms with Crippen molar-refractivity contribution < 1.29 is 14.7 Å². The Bertz CT molecular complexity index is 347. The van der Waals surface area contributed by atoms with Gasteiger partial charge in [0.1, 0.15) is 0 Å². The number of carboxylic acid groups (broad SMARTS) is 1. The molecule has 0 aromatic rings. The summed E-state index contributed by atoms with van der Waals surface area (Å²) < 4.78 is 0. The molecule has 5 heteroatoms. The Kier molecular flexibility index (Phi) is 5.75. The van der Waals surface area contributed by atoms with Crippen molar-refractivity contribution in [3.05, 3.63) is 0 Å². The Morgan fingerprint density at radius 3 is 2.40 bits per heavy atom. The highest BCUT2D eigenvalue weighted by atomic mass is 32.2. The summed E-state index contributed by atoms with van der Waals surface area (Å²) in [4.78, 5) is 23.5. The number of thioether (sulfide) groups is 1. The molecular weight excluding hydrogens is 274 g/mol. The number of hydrogen-bond acceptors (Lipinski definition) is 3. The first-order chi connectivity index (χ1) is 9.62. The fourth-order valence-electron chi connectivity index (χ4n) is 3.25. The molecule has 2 N–H and O–H groups in total. The highest BCUT2D eigenvalue weighted by molar-refractivity contribution is 7.99. The SMILES string of the molecule is O=C(CC1CCSCC1)NCC1(C(=O)O)CCCCC1. The van der Waals surface area contributed by atoms with Crippen molar-refractivity contribution in [2.24, 2.45) is 11.3 Å². The Labute approximate surface area is 125 Å². The minimum atomic E-state index is -0.744. The highest BCUT2D eigenvalue weighted by Gasteiger charge is 2.39. The minimum Gasteiger partial charge on any atom is -0.481 e. The summed E-state index contributed by atoms with van der Waals surface area (Å²) >= 11 is 1.96. The van der Waals surface area contributed by atoms with Crippen LogP contribution >= 0.6 is 11.8 Å². The lowest BCUT2D eigenvalue weighted by Crippen LogP contribution is -2.44. The lowest BCUT2D eigenvalue weighted by atomic mass is 9.74. The topological polar surface area (TPSA) is 66.4 Å². The van der Waals surface area contributed by atoms with Gasteiger partial charge in [-0.15, -0.1) is 0 Å². The van der Waals surface area contributed by atoms with Crippen LogP contribution in [0.3, 0.4) is 0 Å². The molecule has 1 heterocycles. The van der Waals surface area contributed by atoms with Gasteiger partial charge in [-0.2, -0.15) is 11.8 Å². The molecule has 1 saturated carbocycles. The van der Waals surface area contributed by atoms with E-state index in [0.29, 0.717) is 31.7 Å². The predicted molar refractivity (Wildman–Crippen MR) is 80.8 cm³/mol. The maximum absolute atomic E-state index is 12.0. The second-order valence-electron chi connectivity index (χ2n) is 6.18. The van der Waals surface area contributed by atoms with Gasteiger partial charge in [0, 0.05) is 13.0 Å². The van der Waals surface area contributed by atoms with Gasteiger partial charge in [-0.1, -0.05) is 19.3 Å². The third-order valence-corrected chi connectivity index (χ3v) is 5.75. The van der Waals surface area contributed by atoms with E-state index in [0.717, 1.165) is 43.6 Å². The van der Waals surface area contributed by atoms with Gasteiger partial charge in [0.25, 0.3) is 0 Å². The number of carbonyl (C=O) groups excluding carboxylic acids is 1. The zero-order chi connectivity index (χ0) is 14.4. The quantitative estimate of drug-likeness (QED) is 0.819. The van der Waals surface area contributed by atoms with Crippen molar-refractivity contribution in [1.82, 2.24) is 5.32 Å². The van der Waals surface area contributed by atoms with Crippen LogP contribution in [0.1, 0.15) is 51.4 Å². The van der Waals surface area contributed by atoms with Gasteiger partial charge in [-0.05, 0) is 43.1 Å². The van der Waals surface area contributed by atoms with Crippen LogP contribution < -0.4 is 5.32 Å². The molecule has 0 unspecified atom stereocenters. The van der Waals surface area contributed by atoms with Crippen molar-refractivity contribution in [3.63, 3.8) is 0 Å². The van der Waals surface area contributed by atoms with E-state index in [4.69, 9.17) is 0 Å². The van der Waals surface area contributed by atoms with Crippen molar-refractivity contribution in [1.29, 1.82) is 0 Å². The molecule has 4 nitrogen and oxygen atoms in total. The molecule has 1 aliphatic heterocycles. The Morgan fingerprint density at radius 2 is 1.80 bits per heavy atom. The lowest BCUT2D eigenvalue weighted by molar-refractivity contribution is -0.151. The van der Waals surface area contributed by atoms with Crippen LogP contribution in [0.15, 0.2) is 0 Å². The van der Waals surface area contributed by atoms with Gasteiger partial charge < -0.3 is 10.4 Å². The second-order valence-corrected chi connectivity index (χ2v) is 7.41. The van der Waals surface area contributed by atoms with Crippen LogP contribution in [0.2, 0.25) is 0 Å². The van der Waals surface area contributed by atoms with Crippen LogP contribution in [-0.2, 0) is 9.59 Å². The molecule has 1 saturated heterocycles. The Hall–Kier alpha value is -0.710. The number of nitrogens with one attached hydrogen (secondary N) is 1. The average Bonchev–Trinajstić information content (AvgIpc) is 2.47. The van der Waals surface area contributed by atoms with E-state index >= 15 is 0 Å². The second kappa shape index (κ2) is 7.34. The summed E-state index contributed by atoms with van der Waals surface area (Å²) in [5, 5.41) is 12.4. The Morgan fingerprint density at radius 1 is 1.15 bits per heavy atom. The maximum Gasteiger partial charge on any atom is 0.311 e. The number of aliphatic carboxylic acids is 1. The molecule has 1 amide bonds. The number of carboxylic acids is 1. The third kappa shape index (κ3) is 4.14. The summed E-state index contributed by atoms with van der Waals surface area (Å²) in [6.45, 7) is 0.308. The van der Waals surface area contributed by atoms with Crippen LogP contribution in [-0.4, -0.2) is 35.0 Å². The Balaban J connectivity index is 1.79. The number of carbonyl (C=O) groups is 2. The molecule has 0 aromatic heterocycles. The summed E-state index contributed by atoms with van der Waals surface area (Å²) in [5.41, 5.74) is -0.712. The van der Waals surface area contributed by atoms with Crippen molar-refractivity contribution in [2.75, 3.05) is 18.1 Å². The van der Waals surface area contributed by atoms with Gasteiger partial charge in [-0.3, -0.25) is 9.59 Å². The van der Waals surface area contributed by atoms with E-state index in [1.165, 1.54) is 0 Å². The monoisotopic (exact) mass is 299 g/mol. The van der Waals surface area contributed by atoms with Gasteiger partial charge in [0.15, 0.2) is 0 Å². The maximum atomic E-state index is 12.0. The molecule has 1 aliphatic carbocycles. The molecule has 114 valence electrons. The van der Waals surface area contributed by atoms with Crippen molar-refractivity contribution >= 4 is 23.6 Å². The van der Waals surface area contributed by atoms with Crippen LogP contribution in [0.5, 0.6) is 0 Å². The molecule has 0 bridgehead atoms. The van der Waals surface area contributed by atoms with Gasteiger partial charge >= 0.3 is 5.97 Å². The van der Waals surface area contributed by atoms with E-state index in [1.807, 2.05) is 11.8 Å². The summed E-state index contributed by atoms with van der Waals surface area (Å²) in [5.74, 6) is 2.08. The van der Waals surface area contributed by atoms with Gasteiger partial charge in [0.2, 0.25) is 5.91 Å². The molecule has 2 fully saturated rings. The molecule has 0 atom stereocenters. The van der Waals surface area contributed by atoms with Gasteiger partial charge in [0.05, 0.1) is 5.41 Å². The largest absolute Gasteiger partial charge is 0.481 e. The number of rotatable bonds is 5. The molecule has 2 rings (SSSR count). The van der Waals surface area contributed by atoms with Crippen molar-refractivity contribution in [3.8, 4) is 0 Å². The molecule has 2 aliphatic rings. The summed E-state index contributed by atoms with van der Waals surface area (Å²) in [6, 6.07) is 0. The third-order valence-electron chi connectivity index (χ3n) is 4.70. The van der Waals surface area contributed by atoms with Crippen LogP contribution in [0.4, 0.5) is 0 Å². The predicted octanol–water partition coefficient (Wildman–Crippen LogP) is 2.67. The van der Waals surface area contributed by atoms with Crippen LogP contribution in [0, 0.1) is 11.3 Å². The lowest BCUT2D eigenvalue weighted by Gasteiger charge is -2.33. The summed E-state index contributed by atoms with van der Waals surface area (Å²) in [6.07, 6.45) is 7.22. The fourth-order valence-corrected chi connectivity index (χ4v) is 4.45. The zero-order valence-corrected chi connectivity index (χ0v) is 12.8. The van der Waals surface area contributed by atoms with E-state index < -0.39 is 11.4 Å². The van der Waals surface area contributed by atoms with E-state index in [2.05, 4.69) is 5.32 Å². The molecule has 0 aromatic carbocycles. The molecule has 20 heavy (non-hydrogen) atoms. The standard InChI is InChI=1S/C15H25NO3S/c17-13(10-12-4-8-20-9-5-12)16-11-15(14(18)19)6-2-1-3-7-15/h12H,1-11H2,(H,16,17)(H,18,19). The first-order valence-electron chi connectivity index (χ1n) is 7.70. The smallest absolute Gasteiger partial charge is 0.311 e. The minimum absolute atomic E-state index is 0.0353.